The van der Waals surface area contributed by atoms with Crippen LogP contribution in [0.2, 0.25) is 0 Å². The van der Waals surface area contributed by atoms with E-state index in [0.29, 0.717) is 19.3 Å². The average molecular weight is 278 g/mol. The van der Waals surface area contributed by atoms with Crippen LogP contribution in [-0.2, 0) is 11.3 Å². The van der Waals surface area contributed by atoms with Crippen molar-refractivity contribution in [2.45, 2.75) is 31.9 Å². The molecule has 1 heterocycles. The van der Waals surface area contributed by atoms with Crippen molar-refractivity contribution in [2.75, 3.05) is 33.4 Å². The van der Waals surface area contributed by atoms with Gasteiger partial charge in [-0.2, -0.15) is 0 Å². The highest BCUT2D eigenvalue weighted by Crippen LogP contribution is 2.14. The van der Waals surface area contributed by atoms with Crippen LogP contribution >= 0.6 is 0 Å². The molecule has 112 valence electrons. The third-order valence-electron chi connectivity index (χ3n) is 3.67. The van der Waals surface area contributed by atoms with Crippen molar-refractivity contribution in [3.05, 3.63) is 29.8 Å². The molecule has 1 atom stereocenters. The second kappa shape index (κ2) is 8.25. The molecule has 4 nitrogen and oxygen atoms in total. The minimum Gasteiger partial charge on any atom is -0.492 e. The summed E-state index contributed by atoms with van der Waals surface area (Å²) in [6.07, 6.45) is 4.08. The lowest BCUT2D eigenvalue weighted by Crippen LogP contribution is -2.35. The maximum Gasteiger partial charge on any atom is 0.119 e. The van der Waals surface area contributed by atoms with Gasteiger partial charge in [0.05, 0.1) is 6.10 Å². The fourth-order valence-electron chi connectivity index (χ4n) is 2.47. The maximum absolute atomic E-state index is 5.77. The summed E-state index contributed by atoms with van der Waals surface area (Å²) in [6.45, 7) is 4.06. The van der Waals surface area contributed by atoms with Gasteiger partial charge in [0.1, 0.15) is 12.4 Å². The number of benzene rings is 1. The molecule has 4 heteroatoms. The smallest absolute Gasteiger partial charge is 0.119 e. The van der Waals surface area contributed by atoms with Crippen LogP contribution in [-0.4, -0.2) is 44.4 Å². The van der Waals surface area contributed by atoms with Crippen molar-refractivity contribution in [2.24, 2.45) is 5.73 Å². The van der Waals surface area contributed by atoms with Gasteiger partial charge in [-0.15, -0.1) is 0 Å². The molecule has 2 N–H and O–H groups in total. The van der Waals surface area contributed by atoms with Crippen LogP contribution < -0.4 is 10.5 Å². The summed E-state index contributed by atoms with van der Waals surface area (Å²) in [7, 11) is 2.12. The summed E-state index contributed by atoms with van der Waals surface area (Å²) in [5, 5.41) is 0. The molecule has 1 saturated heterocycles. The molecule has 1 fully saturated rings. The van der Waals surface area contributed by atoms with E-state index in [4.69, 9.17) is 15.2 Å². The number of nitrogens with two attached hydrogens (primary N) is 1. The van der Waals surface area contributed by atoms with Gasteiger partial charge in [0.15, 0.2) is 0 Å². The van der Waals surface area contributed by atoms with Gasteiger partial charge in [0, 0.05) is 26.2 Å². The first-order valence-electron chi connectivity index (χ1n) is 7.50. The second-order valence-electron chi connectivity index (χ2n) is 5.45. The van der Waals surface area contributed by atoms with Gasteiger partial charge in [-0.1, -0.05) is 12.1 Å². The Hall–Kier alpha value is -1.10. The zero-order valence-corrected chi connectivity index (χ0v) is 12.4. The SMILES string of the molecule is CN(CCOc1cccc(CN)c1)CC1CCCCO1. The van der Waals surface area contributed by atoms with E-state index >= 15 is 0 Å². The Morgan fingerprint density at radius 2 is 2.30 bits per heavy atom. The van der Waals surface area contributed by atoms with Crippen LogP contribution in [0, 0.1) is 0 Å². The third-order valence-corrected chi connectivity index (χ3v) is 3.67. The first-order chi connectivity index (χ1) is 9.78. The summed E-state index contributed by atoms with van der Waals surface area (Å²) in [5.74, 6) is 0.898. The number of rotatable bonds is 7. The highest BCUT2D eigenvalue weighted by Gasteiger charge is 2.15. The average Bonchev–Trinajstić information content (AvgIpc) is 2.48. The highest BCUT2D eigenvalue weighted by atomic mass is 16.5. The molecular formula is C16H26N2O2. The maximum atomic E-state index is 5.77. The van der Waals surface area contributed by atoms with Gasteiger partial charge in [-0.05, 0) is 44.0 Å². The standard InChI is InChI=1S/C16H26N2O2/c1-18(13-16-6-2-3-9-19-16)8-10-20-15-7-4-5-14(11-15)12-17/h4-5,7,11,16H,2-3,6,8-10,12-13,17H2,1H3. The fourth-order valence-corrected chi connectivity index (χ4v) is 2.47. The molecule has 0 spiro atoms. The zero-order valence-electron chi connectivity index (χ0n) is 12.4. The van der Waals surface area contributed by atoms with Crippen LogP contribution in [0.25, 0.3) is 0 Å². The van der Waals surface area contributed by atoms with Crippen molar-refractivity contribution in [1.29, 1.82) is 0 Å². The number of hydrogen-bond donors (Lipinski definition) is 1. The van der Waals surface area contributed by atoms with E-state index in [1.807, 2.05) is 24.3 Å². The molecular weight excluding hydrogens is 252 g/mol. The van der Waals surface area contributed by atoms with E-state index in [0.717, 1.165) is 31.0 Å². The predicted molar refractivity (Wildman–Crippen MR) is 80.9 cm³/mol. The monoisotopic (exact) mass is 278 g/mol. The molecule has 1 aliphatic rings. The van der Waals surface area contributed by atoms with Crippen molar-refractivity contribution < 1.29 is 9.47 Å². The number of likely N-dealkylation sites (N-methyl/N-ethyl adjacent to an activating group) is 1. The first kappa shape index (κ1) is 15.3. The van der Waals surface area contributed by atoms with E-state index in [2.05, 4.69) is 11.9 Å². The molecule has 0 bridgehead atoms. The van der Waals surface area contributed by atoms with Gasteiger partial charge in [0.25, 0.3) is 0 Å². The Morgan fingerprint density at radius 3 is 3.05 bits per heavy atom. The summed E-state index contributed by atoms with van der Waals surface area (Å²) in [4.78, 5) is 2.28. The normalized spacial score (nSPS) is 19.2. The molecule has 20 heavy (non-hydrogen) atoms. The first-order valence-corrected chi connectivity index (χ1v) is 7.50. The van der Waals surface area contributed by atoms with Crippen molar-refractivity contribution in [1.82, 2.24) is 4.90 Å². The molecule has 0 saturated carbocycles. The number of ether oxygens (including phenoxy) is 2. The molecule has 2 rings (SSSR count). The Kier molecular flexibility index (Phi) is 6.30. The quantitative estimate of drug-likeness (QED) is 0.829. The molecule has 1 unspecified atom stereocenters. The van der Waals surface area contributed by atoms with Crippen LogP contribution in [0.5, 0.6) is 5.75 Å². The lowest BCUT2D eigenvalue weighted by atomic mass is 10.1. The Morgan fingerprint density at radius 1 is 1.40 bits per heavy atom. The topological polar surface area (TPSA) is 47.7 Å². The van der Waals surface area contributed by atoms with Gasteiger partial charge in [-0.3, -0.25) is 0 Å². The largest absolute Gasteiger partial charge is 0.492 e. The van der Waals surface area contributed by atoms with Gasteiger partial charge >= 0.3 is 0 Å². The molecule has 0 aliphatic carbocycles. The van der Waals surface area contributed by atoms with Crippen LogP contribution in [0.3, 0.4) is 0 Å². The van der Waals surface area contributed by atoms with Crippen LogP contribution in [0.4, 0.5) is 0 Å². The fraction of sp³-hybridized carbons (Fsp3) is 0.625. The second-order valence-corrected chi connectivity index (χ2v) is 5.45. The summed E-state index contributed by atoms with van der Waals surface area (Å²) in [5.41, 5.74) is 6.73. The van der Waals surface area contributed by atoms with Gasteiger partial charge < -0.3 is 20.1 Å². The lowest BCUT2D eigenvalue weighted by Gasteiger charge is -2.27. The summed E-state index contributed by atoms with van der Waals surface area (Å²) in [6, 6.07) is 7.98. The minimum absolute atomic E-state index is 0.398. The molecule has 1 aromatic rings. The van der Waals surface area contributed by atoms with E-state index < -0.39 is 0 Å². The van der Waals surface area contributed by atoms with Crippen molar-refractivity contribution in [3.63, 3.8) is 0 Å². The molecule has 0 amide bonds. The predicted octanol–water partition coefficient (Wildman–Crippen LogP) is 2.02. The highest BCUT2D eigenvalue weighted by molar-refractivity contribution is 5.28. The Labute approximate surface area is 121 Å². The summed E-state index contributed by atoms with van der Waals surface area (Å²) >= 11 is 0. The van der Waals surface area contributed by atoms with Crippen LogP contribution in [0.1, 0.15) is 24.8 Å². The van der Waals surface area contributed by atoms with Crippen molar-refractivity contribution in [3.8, 4) is 5.75 Å². The lowest BCUT2D eigenvalue weighted by molar-refractivity contribution is -0.00282. The molecule has 1 aliphatic heterocycles. The van der Waals surface area contributed by atoms with Gasteiger partial charge in [-0.25, -0.2) is 0 Å². The number of hydrogen-bond acceptors (Lipinski definition) is 4. The Bertz CT molecular complexity index is 392. The third kappa shape index (κ3) is 5.12. The van der Waals surface area contributed by atoms with Crippen molar-refractivity contribution >= 4 is 0 Å². The minimum atomic E-state index is 0.398. The number of nitrogens with zero attached hydrogens (tertiary/aromatic N) is 1. The van der Waals surface area contributed by atoms with E-state index in [9.17, 15) is 0 Å². The van der Waals surface area contributed by atoms with Gasteiger partial charge in [0.2, 0.25) is 0 Å². The molecule has 0 radical (unpaired) electrons. The van der Waals surface area contributed by atoms with E-state index in [-0.39, 0.29) is 0 Å². The van der Waals surface area contributed by atoms with E-state index in [1.165, 1.54) is 19.3 Å². The van der Waals surface area contributed by atoms with Crippen LogP contribution in [0.15, 0.2) is 24.3 Å². The molecule has 1 aromatic carbocycles. The summed E-state index contributed by atoms with van der Waals surface area (Å²) < 4.78 is 11.5. The van der Waals surface area contributed by atoms with E-state index in [1.54, 1.807) is 0 Å². The molecule has 0 aromatic heterocycles. The Balaban J connectivity index is 1.66. The zero-order chi connectivity index (χ0) is 14.2.